The van der Waals surface area contributed by atoms with Gasteiger partial charge in [-0.1, -0.05) is 0 Å². The van der Waals surface area contributed by atoms with Gasteiger partial charge >= 0.3 is 0 Å². The van der Waals surface area contributed by atoms with Crippen molar-refractivity contribution >= 4 is 22.7 Å². The number of nitrogens with one attached hydrogen (secondary N) is 2. The summed E-state index contributed by atoms with van der Waals surface area (Å²) in [7, 11) is 1.60. The van der Waals surface area contributed by atoms with Gasteiger partial charge in [-0.3, -0.25) is 5.32 Å². The summed E-state index contributed by atoms with van der Waals surface area (Å²) in [5, 5.41) is 17.7. The molecule has 2 saturated heterocycles. The van der Waals surface area contributed by atoms with Gasteiger partial charge in [-0.2, -0.15) is 4.98 Å². The quantitative estimate of drug-likeness (QED) is 0.279. The SMILES string of the molecule is COc1cc2c(N[C@](C)(CO)NC3CC3)nc(N3CCC(F)(F)CC3)nc2cc1OCCCN1CCCC1. The Morgan fingerprint density at radius 1 is 1.11 bits per heavy atom. The molecule has 9 nitrogen and oxygen atoms in total. The number of fused-ring (bicyclic) bond motifs is 1. The lowest BCUT2D eigenvalue weighted by molar-refractivity contribution is -0.0222. The summed E-state index contributed by atoms with van der Waals surface area (Å²) < 4.78 is 39.5. The first-order chi connectivity index (χ1) is 18.3. The normalized spacial score (nSPS) is 21.4. The van der Waals surface area contributed by atoms with Crippen LogP contribution in [0.15, 0.2) is 12.1 Å². The molecule has 1 atom stereocenters. The van der Waals surface area contributed by atoms with Gasteiger partial charge in [0, 0.05) is 50.0 Å². The third-order valence-corrected chi connectivity index (χ3v) is 7.63. The number of halogens is 2. The Labute approximate surface area is 222 Å². The summed E-state index contributed by atoms with van der Waals surface area (Å²) in [5.74, 6) is -0.625. The molecule has 38 heavy (non-hydrogen) atoms. The molecular formula is C27H40F2N6O3. The van der Waals surface area contributed by atoms with E-state index >= 15 is 0 Å². The number of nitrogens with zero attached hydrogens (tertiary/aromatic N) is 4. The zero-order valence-electron chi connectivity index (χ0n) is 22.4. The Morgan fingerprint density at radius 3 is 2.50 bits per heavy atom. The smallest absolute Gasteiger partial charge is 0.251 e. The van der Waals surface area contributed by atoms with Crippen molar-refractivity contribution in [2.75, 3.05) is 63.3 Å². The van der Waals surface area contributed by atoms with Gasteiger partial charge in [0.05, 0.1) is 25.8 Å². The summed E-state index contributed by atoms with van der Waals surface area (Å²) in [4.78, 5) is 13.8. The third kappa shape index (κ3) is 6.55. The Hall–Kier alpha value is -2.50. The highest BCUT2D eigenvalue weighted by Crippen LogP contribution is 2.37. The first-order valence-electron chi connectivity index (χ1n) is 13.8. The molecule has 1 aromatic carbocycles. The number of hydrogen-bond acceptors (Lipinski definition) is 9. The number of alkyl halides is 2. The standard InChI is InChI=1S/C27H40F2N6O3/c1-26(18-36,32-19-6-7-19)33-24-20-16-22(37-2)23(38-15-5-12-34-10-3-4-11-34)17-21(20)30-25(31-24)35-13-8-27(28,29)9-14-35/h16-17,19,32,36H,3-15,18H2,1-2H3,(H,30,31,33)/t26-/m1/s1. The van der Waals surface area contributed by atoms with Gasteiger partial charge < -0.3 is 29.7 Å². The summed E-state index contributed by atoms with van der Waals surface area (Å²) in [6, 6.07) is 4.02. The van der Waals surface area contributed by atoms with Gasteiger partial charge in [-0.15, -0.1) is 0 Å². The van der Waals surface area contributed by atoms with Crippen LogP contribution in [0, 0.1) is 0 Å². The van der Waals surface area contributed by atoms with Crippen molar-refractivity contribution < 1.29 is 23.4 Å². The fraction of sp³-hybridized carbons (Fsp3) is 0.704. The van der Waals surface area contributed by atoms with Crippen LogP contribution in [0.2, 0.25) is 0 Å². The number of piperidine rings is 1. The van der Waals surface area contributed by atoms with E-state index in [1.54, 1.807) is 12.0 Å². The number of methoxy groups -OCH3 is 1. The fourth-order valence-corrected chi connectivity index (χ4v) is 5.20. The van der Waals surface area contributed by atoms with Crippen LogP contribution in [0.4, 0.5) is 20.5 Å². The molecule has 3 fully saturated rings. The van der Waals surface area contributed by atoms with Gasteiger partial charge in [-0.05, 0) is 58.2 Å². The minimum atomic E-state index is -2.67. The highest BCUT2D eigenvalue weighted by Gasteiger charge is 2.36. The molecule has 0 spiro atoms. The van der Waals surface area contributed by atoms with Crippen molar-refractivity contribution in [3.05, 3.63) is 12.1 Å². The predicted octanol–water partition coefficient (Wildman–Crippen LogP) is 3.61. The molecule has 0 radical (unpaired) electrons. The number of aliphatic hydroxyl groups excluding tert-OH is 1. The minimum Gasteiger partial charge on any atom is -0.493 e. The molecule has 1 saturated carbocycles. The zero-order valence-corrected chi connectivity index (χ0v) is 22.4. The van der Waals surface area contributed by atoms with E-state index in [2.05, 4.69) is 15.5 Å². The first-order valence-corrected chi connectivity index (χ1v) is 13.8. The Kier molecular flexibility index (Phi) is 8.06. The average Bonchev–Trinajstić information content (AvgIpc) is 3.55. The van der Waals surface area contributed by atoms with Gasteiger partial charge in [0.1, 0.15) is 11.5 Å². The molecule has 0 unspecified atom stereocenters. The van der Waals surface area contributed by atoms with E-state index in [9.17, 15) is 13.9 Å². The fourth-order valence-electron chi connectivity index (χ4n) is 5.20. The largest absolute Gasteiger partial charge is 0.493 e. The molecule has 0 bridgehead atoms. The Balaban J connectivity index is 1.43. The van der Waals surface area contributed by atoms with E-state index in [0.29, 0.717) is 46.8 Å². The molecule has 3 aliphatic rings. The van der Waals surface area contributed by atoms with Gasteiger partial charge in [-0.25, -0.2) is 13.8 Å². The molecule has 1 aromatic heterocycles. The number of hydrogen-bond donors (Lipinski definition) is 3. The molecule has 2 aliphatic heterocycles. The molecule has 3 heterocycles. The Bertz CT molecular complexity index is 1100. The predicted molar refractivity (Wildman–Crippen MR) is 144 cm³/mol. The van der Waals surface area contributed by atoms with Crippen LogP contribution in [0.3, 0.4) is 0 Å². The van der Waals surface area contributed by atoms with Crippen molar-refractivity contribution in [2.45, 2.75) is 69.5 Å². The molecule has 1 aliphatic carbocycles. The number of benzene rings is 1. The maximum absolute atomic E-state index is 13.9. The van der Waals surface area contributed by atoms with Crippen molar-refractivity contribution in [3.8, 4) is 11.5 Å². The molecule has 11 heteroatoms. The van der Waals surface area contributed by atoms with E-state index in [1.807, 2.05) is 19.1 Å². The maximum Gasteiger partial charge on any atom is 0.251 e. The molecule has 5 rings (SSSR count). The summed E-state index contributed by atoms with van der Waals surface area (Å²) >= 11 is 0. The van der Waals surface area contributed by atoms with Crippen molar-refractivity contribution in [3.63, 3.8) is 0 Å². The van der Waals surface area contributed by atoms with E-state index in [0.717, 1.165) is 38.9 Å². The zero-order chi connectivity index (χ0) is 26.8. The van der Waals surface area contributed by atoms with E-state index in [1.165, 1.54) is 12.8 Å². The van der Waals surface area contributed by atoms with Gasteiger partial charge in [0.25, 0.3) is 5.92 Å². The number of ether oxygens (including phenoxy) is 2. The van der Waals surface area contributed by atoms with Crippen LogP contribution in [0.1, 0.15) is 51.9 Å². The van der Waals surface area contributed by atoms with Crippen LogP contribution in [0.25, 0.3) is 10.9 Å². The number of aromatic nitrogens is 2. The van der Waals surface area contributed by atoms with Crippen LogP contribution in [-0.4, -0.2) is 90.6 Å². The summed E-state index contributed by atoms with van der Waals surface area (Å²) in [6.45, 7) is 5.93. The number of likely N-dealkylation sites (tertiary alicyclic amines) is 1. The second-order valence-electron chi connectivity index (χ2n) is 11.0. The Morgan fingerprint density at radius 2 is 1.84 bits per heavy atom. The highest BCUT2D eigenvalue weighted by molar-refractivity contribution is 5.93. The second-order valence-corrected chi connectivity index (χ2v) is 11.0. The average molecular weight is 535 g/mol. The van der Waals surface area contributed by atoms with Crippen molar-refractivity contribution in [1.82, 2.24) is 20.2 Å². The minimum absolute atomic E-state index is 0.157. The van der Waals surface area contributed by atoms with Crippen LogP contribution in [-0.2, 0) is 0 Å². The van der Waals surface area contributed by atoms with Crippen molar-refractivity contribution in [2.24, 2.45) is 0 Å². The van der Waals surface area contributed by atoms with Crippen LogP contribution in [0.5, 0.6) is 11.5 Å². The maximum atomic E-state index is 13.9. The summed E-state index contributed by atoms with van der Waals surface area (Å²) in [6.07, 6.45) is 5.08. The molecule has 3 N–H and O–H groups in total. The lowest BCUT2D eigenvalue weighted by Gasteiger charge is -2.34. The van der Waals surface area contributed by atoms with E-state index in [-0.39, 0.29) is 32.5 Å². The molecule has 210 valence electrons. The molecule has 2 aromatic rings. The number of anilines is 2. The molecule has 0 amide bonds. The van der Waals surface area contributed by atoms with E-state index in [4.69, 9.17) is 19.4 Å². The van der Waals surface area contributed by atoms with Gasteiger partial charge in [0.2, 0.25) is 5.95 Å². The van der Waals surface area contributed by atoms with Gasteiger partial charge in [0.15, 0.2) is 11.5 Å². The highest BCUT2D eigenvalue weighted by atomic mass is 19.3. The first kappa shape index (κ1) is 27.1. The monoisotopic (exact) mass is 534 g/mol. The lowest BCUT2D eigenvalue weighted by Crippen LogP contribution is -2.53. The number of rotatable bonds is 12. The third-order valence-electron chi connectivity index (χ3n) is 7.63. The molecular weight excluding hydrogens is 494 g/mol. The van der Waals surface area contributed by atoms with Crippen molar-refractivity contribution in [1.29, 1.82) is 0 Å². The second kappa shape index (κ2) is 11.3. The van der Waals surface area contributed by atoms with E-state index < -0.39 is 11.6 Å². The topological polar surface area (TPSA) is 95.0 Å². The van der Waals surface area contributed by atoms with Crippen LogP contribution < -0.4 is 25.0 Å². The summed E-state index contributed by atoms with van der Waals surface area (Å²) in [5.41, 5.74) is -0.191. The number of aliphatic hydroxyl groups is 1. The van der Waals surface area contributed by atoms with Crippen LogP contribution >= 0.6 is 0 Å². The lowest BCUT2D eigenvalue weighted by atomic mass is 10.1.